The summed E-state index contributed by atoms with van der Waals surface area (Å²) < 4.78 is 23.4. The number of benzene rings is 2. The molecule has 0 radical (unpaired) electrons. The molecule has 1 fully saturated rings. The van der Waals surface area contributed by atoms with Gasteiger partial charge in [0.05, 0.1) is 14.2 Å². The lowest BCUT2D eigenvalue weighted by Gasteiger charge is -2.32. The maximum atomic E-state index is 13.0. The summed E-state index contributed by atoms with van der Waals surface area (Å²) in [6, 6.07) is 10.3. The standard InChI is InChI=1S/C22H27FN4O4/c1-30-19-11-18(12-20(13-19)31-2)25-21(28)24-14-15-7-9-27(10-8-15)22(29)26-17-5-3-16(23)4-6-17/h3-6,11-13,15H,7-10,14H2,1-2H3,(H,26,29)(H2,24,25,28). The van der Waals surface area contributed by atoms with Gasteiger partial charge in [0.15, 0.2) is 0 Å². The summed E-state index contributed by atoms with van der Waals surface area (Å²) in [5.74, 6) is 1.10. The van der Waals surface area contributed by atoms with Crippen molar-refractivity contribution < 1.29 is 23.5 Å². The first-order chi connectivity index (χ1) is 15.0. The van der Waals surface area contributed by atoms with Crippen LogP contribution in [-0.2, 0) is 0 Å². The molecule has 8 nitrogen and oxygen atoms in total. The highest BCUT2D eigenvalue weighted by Crippen LogP contribution is 2.25. The molecule has 1 aliphatic rings. The summed E-state index contributed by atoms with van der Waals surface area (Å²) in [5, 5.41) is 8.43. The number of carbonyl (C=O) groups excluding carboxylic acids is 2. The highest BCUT2D eigenvalue weighted by atomic mass is 19.1. The highest BCUT2D eigenvalue weighted by Gasteiger charge is 2.23. The first kappa shape index (κ1) is 22.2. The Bertz CT molecular complexity index is 877. The fraction of sp³-hybridized carbons (Fsp3) is 0.364. The van der Waals surface area contributed by atoms with Crippen molar-refractivity contribution in [2.75, 3.05) is 44.5 Å². The highest BCUT2D eigenvalue weighted by molar-refractivity contribution is 5.90. The molecule has 0 bridgehead atoms. The van der Waals surface area contributed by atoms with E-state index in [2.05, 4.69) is 16.0 Å². The molecule has 3 rings (SSSR count). The van der Waals surface area contributed by atoms with Crippen LogP contribution in [0, 0.1) is 11.7 Å². The molecular formula is C22H27FN4O4. The fourth-order valence-corrected chi connectivity index (χ4v) is 3.37. The molecule has 166 valence electrons. The number of piperidine rings is 1. The van der Waals surface area contributed by atoms with Gasteiger partial charge in [-0.2, -0.15) is 0 Å². The molecule has 1 saturated heterocycles. The van der Waals surface area contributed by atoms with Crippen molar-refractivity contribution in [1.29, 1.82) is 0 Å². The van der Waals surface area contributed by atoms with Crippen LogP contribution < -0.4 is 25.4 Å². The number of carbonyl (C=O) groups is 2. The van der Waals surface area contributed by atoms with E-state index in [-0.39, 0.29) is 23.8 Å². The maximum absolute atomic E-state index is 13.0. The first-order valence-electron chi connectivity index (χ1n) is 10.1. The lowest BCUT2D eigenvalue weighted by Crippen LogP contribution is -2.43. The number of hydrogen-bond donors (Lipinski definition) is 3. The van der Waals surface area contributed by atoms with Crippen molar-refractivity contribution in [2.24, 2.45) is 5.92 Å². The summed E-state index contributed by atoms with van der Waals surface area (Å²) >= 11 is 0. The molecule has 2 aromatic carbocycles. The monoisotopic (exact) mass is 430 g/mol. The molecular weight excluding hydrogens is 403 g/mol. The number of ether oxygens (including phenoxy) is 2. The zero-order chi connectivity index (χ0) is 22.2. The topological polar surface area (TPSA) is 91.9 Å². The van der Waals surface area contributed by atoms with Gasteiger partial charge in [-0.05, 0) is 43.0 Å². The minimum Gasteiger partial charge on any atom is -0.497 e. The lowest BCUT2D eigenvalue weighted by molar-refractivity contribution is 0.181. The first-order valence-corrected chi connectivity index (χ1v) is 10.1. The van der Waals surface area contributed by atoms with Crippen LogP contribution in [0.2, 0.25) is 0 Å². The molecule has 0 aliphatic carbocycles. The second-order valence-corrected chi connectivity index (χ2v) is 7.30. The molecule has 0 atom stereocenters. The molecule has 31 heavy (non-hydrogen) atoms. The average Bonchev–Trinajstić information content (AvgIpc) is 2.79. The predicted molar refractivity (Wildman–Crippen MR) is 116 cm³/mol. The Hall–Kier alpha value is -3.49. The summed E-state index contributed by atoms with van der Waals surface area (Å²) in [4.78, 5) is 26.3. The maximum Gasteiger partial charge on any atom is 0.321 e. The van der Waals surface area contributed by atoms with Gasteiger partial charge in [-0.3, -0.25) is 0 Å². The number of methoxy groups -OCH3 is 2. The Labute approximate surface area is 180 Å². The molecule has 0 aromatic heterocycles. The van der Waals surface area contributed by atoms with Gasteiger partial charge in [0, 0.05) is 49.2 Å². The summed E-state index contributed by atoms with van der Waals surface area (Å²) in [6.45, 7) is 1.70. The van der Waals surface area contributed by atoms with Crippen molar-refractivity contribution in [3.05, 3.63) is 48.3 Å². The van der Waals surface area contributed by atoms with E-state index in [1.165, 1.54) is 24.3 Å². The number of amides is 4. The van der Waals surface area contributed by atoms with Crippen LogP contribution in [0.3, 0.4) is 0 Å². The number of likely N-dealkylation sites (tertiary alicyclic amines) is 1. The van der Waals surface area contributed by atoms with Crippen molar-refractivity contribution in [2.45, 2.75) is 12.8 Å². The third-order valence-electron chi connectivity index (χ3n) is 5.16. The fourth-order valence-electron chi connectivity index (χ4n) is 3.37. The molecule has 0 spiro atoms. The number of nitrogens with zero attached hydrogens (tertiary/aromatic N) is 1. The van der Waals surface area contributed by atoms with Crippen LogP contribution in [0.4, 0.5) is 25.4 Å². The Balaban J connectivity index is 1.41. The largest absolute Gasteiger partial charge is 0.497 e. The van der Waals surface area contributed by atoms with E-state index >= 15 is 0 Å². The van der Waals surface area contributed by atoms with Crippen molar-refractivity contribution in [3.63, 3.8) is 0 Å². The van der Waals surface area contributed by atoms with E-state index in [1.54, 1.807) is 37.3 Å². The smallest absolute Gasteiger partial charge is 0.321 e. The van der Waals surface area contributed by atoms with Gasteiger partial charge in [0.25, 0.3) is 0 Å². The van der Waals surface area contributed by atoms with E-state index in [9.17, 15) is 14.0 Å². The minimum absolute atomic E-state index is 0.206. The second kappa shape index (κ2) is 10.5. The van der Waals surface area contributed by atoms with Crippen LogP contribution in [0.1, 0.15) is 12.8 Å². The van der Waals surface area contributed by atoms with E-state index in [1.807, 2.05) is 0 Å². The van der Waals surface area contributed by atoms with E-state index in [0.717, 1.165) is 12.8 Å². The van der Waals surface area contributed by atoms with E-state index < -0.39 is 0 Å². The van der Waals surface area contributed by atoms with Crippen LogP contribution in [0.25, 0.3) is 0 Å². The number of rotatable bonds is 6. The average molecular weight is 430 g/mol. The predicted octanol–water partition coefficient (Wildman–Crippen LogP) is 3.91. The van der Waals surface area contributed by atoms with Crippen molar-refractivity contribution >= 4 is 23.4 Å². The van der Waals surface area contributed by atoms with Crippen molar-refractivity contribution in [1.82, 2.24) is 10.2 Å². The number of nitrogens with one attached hydrogen (secondary N) is 3. The summed E-state index contributed by atoms with van der Waals surface area (Å²) in [5.41, 5.74) is 1.13. The van der Waals surface area contributed by atoms with Gasteiger partial charge in [-0.1, -0.05) is 0 Å². The summed E-state index contributed by atoms with van der Waals surface area (Å²) in [7, 11) is 3.09. The molecule has 1 heterocycles. The van der Waals surface area contributed by atoms with Crippen molar-refractivity contribution in [3.8, 4) is 11.5 Å². The van der Waals surface area contributed by atoms with Crippen LogP contribution in [0.15, 0.2) is 42.5 Å². The number of urea groups is 2. The quantitative estimate of drug-likeness (QED) is 0.648. The second-order valence-electron chi connectivity index (χ2n) is 7.30. The van der Waals surface area contributed by atoms with Gasteiger partial charge in [-0.25, -0.2) is 14.0 Å². The zero-order valence-electron chi connectivity index (χ0n) is 17.6. The van der Waals surface area contributed by atoms with E-state index in [4.69, 9.17) is 9.47 Å². The number of halogens is 1. The third kappa shape index (κ3) is 6.50. The Morgan fingerprint density at radius 2 is 1.58 bits per heavy atom. The number of hydrogen-bond acceptors (Lipinski definition) is 4. The van der Waals surface area contributed by atoms with Crippen LogP contribution >= 0.6 is 0 Å². The Morgan fingerprint density at radius 3 is 2.16 bits per heavy atom. The van der Waals surface area contributed by atoms with Gasteiger partial charge in [-0.15, -0.1) is 0 Å². The van der Waals surface area contributed by atoms with Gasteiger partial charge in [0.2, 0.25) is 0 Å². The van der Waals surface area contributed by atoms with Gasteiger partial charge in [0.1, 0.15) is 17.3 Å². The molecule has 0 saturated carbocycles. The normalized spacial score (nSPS) is 14.0. The minimum atomic E-state index is -0.346. The van der Waals surface area contributed by atoms with Gasteiger partial charge >= 0.3 is 12.1 Å². The molecule has 0 unspecified atom stereocenters. The number of anilines is 2. The van der Waals surface area contributed by atoms with E-state index in [0.29, 0.717) is 42.5 Å². The Morgan fingerprint density at radius 1 is 0.968 bits per heavy atom. The Kier molecular flexibility index (Phi) is 7.53. The van der Waals surface area contributed by atoms with Crippen LogP contribution in [-0.4, -0.2) is 50.8 Å². The van der Waals surface area contributed by atoms with Gasteiger partial charge < -0.3 is 30.3 Å². The zero-order valence-corrected chi connectivity index (χ0v) is 17.6. The van der Waals surface area contributed by atoms with Crippen LogP contribution in [0.5, 0.6) is 11.5 Å². The molecule has 2 aromatic rings. The summed E-state index contributed by atoms with van der Waals surface area (Å²) in [6.07, 6.45) is 1.56. The lowest BCUT2D eigenvalue weighted by atomic mass is 9.97. The SMILES string of the molecule is COc1cc(NC(=O)NCC2CCN(C(=O)Nc3ccc(F)cc3)CC2)cc(OC)c1. The molecule has 9 heteroatoms. The third-order valence-corrected chi connectivity index (χ3v) is 5.16. The molecule has 4 amide bonds. The molecule has 1 aliphatic heterocycles. The molecule has 3 N–H and O–H groups in total.